The first-order valence-corrected chi connectivity index (χ1v) is 8.30. The summed E-state index contributed by atoms with van der Waals surface area (Å²) in [6.45, 7) is 9.18. The Bertz CT molecular complexity index is 539. The summed E-state index contributed by atoms with van der Waals surface area (Å²) >= 11 is 0. The summed E-state index contributed by atoms with van der Waals surface area (Å²) in [6.07, 6.45) is 0.771. The Kier molecular flexibility index (Phi) is 5.65. The predicted molar refractivity (Wildman–Crippen MR) is 90.4 cm³/mol. The number of hydrogen-bond acceptors (Lipinski definition) is 4. The van der Waals surface area contributed by atoms with Gasteiger partial charge in [0.1, 0.15) is 5.75 Å². The number of rotatable bonds is 6. The first kappa shape index (κ1) is 17.8. The standard InChI is InChI=1S/C18H28N2O3/c1-5-20(12-18(3,4)22)13(2)17(21)19-15-10-11-23-16-9-7-6-8-14(15)16/h6-9,13,15,22H,5,10-12H2,1-4H3,(H,19,21). The second-order valence-electron chi connectivity index (χ2n) is 6.79. The maximum absolute atomic E-state index is 12.6. The van der Waals surface area contributed by atoms with Crippen molar-refractivity contribution in [1.82, 2.24) is 10.2 Å². The molecule has 1 heterocycles. The normalized spacial score (nSPS) is 19.0. The molecular formula is C18H28N2O3. The predicted octanol–water partition coefficient (Wildman–Crippen LogP) is 2.11. The van der Waals surface area contributed by atoms with Gasteiger partial charge in [0, 0.05) is 18.5 Å². The third-order valence-electron chi connectivity index (χ3n) is 4.20. The molecule has 1 aliphatic rings. The Balaban J connectivity index is 2.04. The van der Waals surface area contributed by atoms with Gasteiger partial charge in [-0.05, 0) is 33.4 Å². The Labute approximate surface area is 138 Å². The first-order valence-electron chi connectivity index (χ1n) is 8.30. The van der Waals surface area contributed by atoms with Crippen molar-refractivity contribution in [2.24, 2.45) is 0 Å². The van der Waals surface area contributed by atoms with Crippen LogP contribution in [0.4, 0.5) is 0 Å². The summed E-state index contributed by atoms with van der Waals surface area (Å²) in [6, 6.07) is 7.52. The number of hydrogen-bond donors (Lipinski definition) is 2. The lowest BCUT2D eigenvalue weighted by Crippen LogP contribution is -2.50. The lowest BCUT2D eigenvalue weighted by atomic mass is 10.00. The molecule has 1 aromatic carbocycles. The third kappa shape index (κ3) is 4.69. The Morgan fingerprint density at radius 3 is 2.83 bits per heavy atom. The molecule has 0 radical (unpaired) electrons. The minimum absolute atomic E-state index is 0.0159. The number of nitrogens with one attached hydrogen (secondary N) is 1. The van der Waals surface area contributed by atoms with Crippen LogP contribution in [0.2, 0.25) is 0 Å². The van der Waals surface area contributed by atoms with Crippen LogP contribution in [0.15, 0.2) is 24.3 Å². The fraction of sp³-hybridized carbons (Fsp3) is 0.611. The average Bonchev–Trinajstić information content (AvgIpc) is 2.51. The second-order valence-corrected chi connectivity index (χ2v) is 6.79. The lowest BCUT2D eigenvalue weighted by Gasteiger charge is -2.34. The number of para-hydroxylation sites is 1. The molecule has 2 unspecified atom stereocenters. The maximum Gasteiger partial charge on any atom is 0.237 e. The SMILES string of the molecule is CCN(CC(C)(C)O)C(C)C(=O)NC1CCOc2ccccc21. The Hall–Kier alpha value is -1.59. The van der Waals surface area contributed by atoms with Crippen molar-refractivity contribution in [2.45, 2.75) is 51.8 Å². The molecule has 0 spiro atoms. The highest BCUT2D eigenvalue weighted by atomic mass is 16.5. The minimum atomic E-state index is -0.824. The first-order chi connectivity index (χ1) is 10.8. The van der Waals surface area contributed by atoms with E-state index in [1.54, 1.807) is 13.8 Å². The van der Waals surface area contributed by atoms with Crippen LogP contribution in [0.5, 0.6) is 5.75 Å². The number of likely N-dealkylation sites (N-methyl/N-ethyl adjacent to an activating group) is 1. The van der Waals surface area contributed by atoms with E-state index in [0.717, 1.165) is 17.7 Å². The Morgan fingerprint density at radius 1 is 1.48 bits per heavy atom. The van der Waals surface area contributed by atoms with Crippen molar-refractivity contribution in [2.75, 3.05) is 19.7 Å². The fourth-order valence-electron chi connectivity index (χ4n) is 2.97. The summed E-state index contributed by atoms with van der Waals surface area (Å²) in [5.41, 5.74) is 0.209. The van der Waals surface area contributed by atoms with Crippen molar-refractivity contribution in [3.05, 3.63) is 29.8 Å². The number of benzene rings is 1. The van der Waals surface area contributed by atoms with E-state index in [1.165, 1.54) is 0 Å². The number of aliphatic hydroxyl groups is 1. The van der Waals surface area contributed by atoms with Gasteiger partial charge >= 0.3 is 0 Å². The molecular weight excluding hydrogens is 292 g/mol. The number of nitrogens with zero attached hydrogens (tertiary/aromatic N) is 1. The molecule has 2 atom stereocenters. The maximum atomic E-state index is 12.6. The number of carbonyl (C=O) groups excluding carboxylic acids is 1. The molecule has 1 aliphatic heterocycles. The van der Waals surface area contributed by atoms with Crippen LogP contribution in [-0.2, 0) is 4.79 Å². The number of fused-ring (bicyclic) bond motifs is 1. The Morgan fingerprint density at radius 2 is 2.17 bits per heavy atom. The molecule has 0 aliphatic carbocycles. The molecule has 5 nitrogen and oxygen atoms in total. The molecule has 128 valence electrons. The minimum Gasteiger partial charge on any atom is -0.493 e. The van der Waals surface area contributed by atoms with Gasteiger partial charge in [-0.3, -0.25) is 9.69 Å². The van der Waals surface area contributed by atoms with Crippen LogP contribution in [0.25, 0.3) is 0 Å². The van der Waals surface area contributed by atoms with Gasteiger partial charge in [-0.1, -0.05) is 25.1 Å². The molecule has 23 heavy (non-hydrogen) atoms. The zero-order valence-electron chi connectivity index (χ0n) is 14.5. The summed E-state index contributed by atoms with van der Waals surface area (Å²) in [7, 11) is 0. The van der Waals surface area contributed by atoms with Crippen LogP contribution in [0.3, 0.4) is 0 Å². The van der Waals surface area contributed by atoms with E-state index in [2.05, 4.69) is 5.32 Å². The van der Waals surface area contributed by atoms with Crippen molar-refractivity contribution in [3.8, 4) is 5.75 Å². The van der Waals surface area contributed by atoms with E-state index in [1.807, 2.05) is 43.0 Å². The largest absolute Gasteiger partial charge is 0.493 e. The fourth-order valence-corrected chi connectivity index (χ4v) is 2.97. The van der Waals surface area contributed by atoms with E-state index in [9.17, 15) is 9.90 Å². The molecule has 0 fully saturated rings. The van der Waals surface area contributed by atoms with Gasteiger partial charge in [0.2, 0.25) is 5.91 Å². The van der Waals surface area contributed by atoms with Gasteiger partial charge in [-0.2, -0.15) is 0 Å². The van der Waals surface area contributed by atoms with Crippen LogP contribution in [0, 0.1) is 0 Å². The summed E-state index contributed by atoms with van der Waals surface area (Å²) in [5.74, 6) is 0.832. The van der Waals surface area contributed by atoms with Crippen LogP contribution in [-0.4, -0.2) is 47.3 Å². The topological polar surface area (TPSA) is 61.8 Å². The molecule has 0 aromatic heterocycles. The van der Waals surface area contributed by atoms with Gasteiger partial charge in [-0.25, -0.2) is 0 Å². The van der Waals surface area contributed by atoms with Crippen LogP contribution in [0.1, 0.15) is 45.7 Å². The summed E-state index contributed by atoms with van der Waals surface area (Å²) in [4.78, 5) is 14.6. The highest BCUT2D eigenvalue weighted by Gasteiger charge is 2.29. The summed E-state index contributed by atoms with van der Waals surface area (Å²) in [5, 5.41) is 13.1. The monoisotopic (exact) mass is 320 g/mol. The van der Waals surface area contributed by atoms with Gasteiger partial charge in [-0.15, -0.1) is 0 Å². The van der Waals surface area contributed by atoms with E-state index in [4.69, 9.17) is 4.74 Å². The highest BCUT2D eigenvalue weighted by Crippen LogP contribution is 2.31. The molecule has 1 aromatic rings. The van der Waals surface area contributed by atoms with E-state index < -0.39 is 5.60 Å². The zero-order chi connectivity index (χ0) is 17.0. The number of ether oxygens (including phenoxy) is 1. The molecule has 0 saturated carbocycles. The number of carbonyl (C=O) groups is 1. The third-order valence-corrected chi connectivity index (χ3v) is 4.20. The zero-order valence-corrected chi connectivity index (χ0v) is 14.5. The van der Waals surface area contributed by atoms with Crippen molar-refractivity contribution in [3.63, 3.8) is 0 Å². The van der Waals surface area contributed by atoms with Crippen LogP contribution < -0.4 is 10.1 Å². The highest BCUT2D eigenvalue weighted by molar-refractivity contribution is 5.81. The number of amides is 1. The van der Waals surface area contributed by atoms with Gasteiger partial charge in [0.25, 0.3) is 0 Å². The molecule has 1 amide bonds. The van der Waals surface area contributed by atoms with E-state index >= 15 is 0 Å². The molecule has 0 bridgehead atoms. The summed E-state index contributed by atoms with van der Waals surface area (Å²) < 4.78 is 5.64. The van der Waals surface area contributed by atoms with Crippen molar-refractivity contribution >= 4 is 5.91 Å². The van der Waals surface area contributed by atoms with E-state index in [-0.39, 0.29) is 18.0 Å². The average molecular weight is 320 g/mol. The molecule has 2 rings (SSSR count). The smallest absolute Gasteiger partial charge is 0.237 e. The molecule has 5 heteroatoms. The van der Waals surface area contributed by atoms with E-state index in [0.29, 0.717) is 19.7 Å². The van der Waals surface area contributed by atoms with Crippen molar-refractivity contribution < 1.29 is 14.6 Å². The van der Waals surface area contributed by atoms with Gasteiger partial charge in [0.15, 0.2) is 0 Å². The van der Waals surface area contributed by atoms with Gasteiger partial charge in [0.05, 0.1) is 24.3 Å². The second kappa shape index (κ2) is 7.32. The van der Waals surface area contributed by atoms with Gasteiger partial charge < -0.3 is 15.2 Å². The lowest BCUT2D eigenvalue weighted by molar-refractivity contribution is -0.127. The molecule has 2 N–H and O–H groups in total. The van der Waals surface area contributed by atoms with Crippen LogP contribution >= 0.6 is 0 Å². The van der Waals surface area contributed by atoms with Crippen molar-refractivity contribution in [1.29, 1.82) is 0 Å². The quantitative estimate of drug-likeness (QED) is 0.843. The molecule has 0 saturated heterocycles.